The van der Waals surface area contributed by atoms with Gasteiger partial charge in [-0.15, -0.1) is 0 Å². The van der Waals surface area contributed by atoms with Crippen LogP contribution in [0, 0.1) is 11.7 Å². The van der Waals surface area contributed by atoms with Gasteiger partial charge in [-0.3, -0.25) is 0 Å². The molecule has 0 radical (unpaired) electrons. The van der Waals surface area contributed by atoms with Crippen LogP contribution in [0.5, 0.6) is 0 Å². The number of H-pyrrole nitrogens is 1. The summed E-state index contributed by atoms with van der Waals surface area (Å²) in [6.45, 7) is 6.47. The first-order chi connectivity index (χ1) is 13.0. The molecule has 0 aliphatic heterocycles. The van der Waals surface area contributed by atoms with E-state index in [0.29, 0.717) is 17.6 Å². The molecular formula is C21H25FN4S. The minimum Gasteiger partial charge on any atom is -0.362 e. The zero-order valence-electron chi connectivity index (χ0n) is 15.7. The van der Waals surface area contributed by atoms with Crippen LogP contribution in [0.1, 0.15) is 25.2 Å². The molecule has 0 atom stereocenters. The molecule has 1 aromatic heterocycles. The smallest absolute Gasteiger partial charge is 0.169 e. The molecule has 27 heavy (non-hydrogen) atoms. The van der Waals surface area contributed by atoms with Crippen LogP contribution < -0.4 is 5.32 Å². The topological polar surface area (TPSA) is 44.0 Å². The van der Waals surface area contributed by atoms with Crippen LogP contribution in [0.4, 0.5) is 4.39 Å². The molecule has 0 aliphatic carbocycles. The third-order valence-corrected chi connectivity index (χ3v) is 4.69. The number of imidazole rings is 1. The van der Waals surface area contributed by atoms with Crippen molar-refractivity contribution in [1.82, 2.24) is 20.2 Å². The van der Waals surface area contributed by atoms with Gasteiger partial charge in [-0.2, -0.15) is 0 Å². The molecular weight excluding hydrogens is 359 g/mol. The summed E-state index contributed by atoms with van der Waals surface area (Å²) in [4.78, 5) is 10.1. The number of fused-ring (bicyclic) bond motifs is 1. The van der Waals surface area contributed by atoms with Crippen LogP contribution in [0.3, 0.4) is 0 Å². The van der Waals surface area contributed by atoms with Crippen LogP contribution in [0.25, 0.3) is 11.0 Å². The molecule has 0 amide bonds. The van der Waals surface area contributed by atoms with Crippen molar-refractivity contribution in [3.05, 3.63) is 65.7 Å². The van der Waals surface area contributed by atoms with Crippen LogP contribution in [0.2, 0.25) is 0 Å². The van der Waals surface area contributed by atoms with E-state index in [1.54, 1.807) is 12.1 Å². The van der Waals surface area contributed by atoms with Gasteiger partial charge >= 0.3 is 0 Å². The molecule has 6 heteroatoms. The number of benzene rings is 2. The highest BCUT2D eigenvalue weighted by Crippen LogP contribution is 2.12. The number of hydrogen-bond donors (Lipinski definition) is 2. The van der Waals surface area contributed by atoms with E-state index >= 15 is 0 Å². The SMILES string of the molecule is CC(C)CNC(=S)N(CCc1nc2ccccc2[nH]1)Cc1ccc(F)cc1. The Hall–Kier alpha value is -2.47. The van der Waals surface area contributed by atoms with Crippen molar-refractivity contribution >= 4 is 28.4 Å². The molecule has 0 spiro atoms. The number of nitrogens with zero attached hydrogens (tertiary/aromatic N) is 2. The highest BCUT2D eigenvalue weighted by molar-refractivity contribution is 7.80. The van der Waals surface area contributed by atoms with E-state index in [4.69, 9.17) is 12.2 Å². The summed E-state index contributed by atoms with van der Waals surface area (Å²) in [6.07, 6.45) is 0.749. The first kappa shape index (κ1) is 19.3. The van der Waals surface area contributed by atoms with Crippen LogP contribution in [-0.4, -0.2) is 33.1 Å². The molecule has 0 bridgehead atoms. The number of aromatic amines is 1. The largest absolute Gasteiger partial charge is 0.362 e. The molecule has 2 N–H and O–H groups in total. The maximum absolute atomic E-state index is 13.2. The van der Waals surface area contributed by atoms with E-state index in [1.807, 2.05) is 24.3 Å². The Morgan fingerprint density at radius 1 is 1.19 bits per heavy atom. The van der Waals surface area contributed by atoms with Crippen molar-refractivity contribution in [2.75, 3.05) is 13.1 Å². The minimum atomic E-state index is -0.229. The molecule has 0 saturated carbocycles. The number of aromatic nitrogens is 2. The van der Waals surface area contributed by atoms with Crippen molar-refractivity contribution in [2.45, 2.75) is 26.8 Å². The monoisotopic (exact) mass is 384 g/mol. The first-order valence-electron chi connectivity index (χ1n) is 9.22. The van der Waals surface area contributed by atoms with Crippen molar-refractivity contribution in [3.8, 4) is 0 Å². The lowest BCUT2D eigenvalue weighted by Crippen LogP contribution is -2.41. The first-order valence-corrected chi connectivity index (χ1v) is 9.63. The quantitative estimate of drug-likeness (QED) is 0.597. The van der Waals surface area contributed by atoms with Gasteiger partial charge in [0.15, 0.2) is 5.11 Å². The lowest BCUT2D eigenvalue weighted by atomic mass is 10.2. The molecule has 3 aromatic rings. The van der Waals surface area contributed by atoms with Gasteiger partial charge in [-0.1, -0.05) is 38.1 Å². The summed E-state index contributed by atoms with van der Waals surface area (Å²) in [5.41, 5.74) is 3.03. The minimum absolute atomic E-state index is 0.229. The fraction of sp³-hybridized carbons (Fsp3) is 0.333. The van der Waals surface area contributed by atoms with Crippen molar-refractivity contribution in [1.29, 1.82) is 0 Å². The van der Waals surface area contributed by atoms with Crippen molar-refractivity contribution in [2.24, 2.45) is 5.92 Å². The Balaban J connectivity index is 1.69. The Bertz CT molecular complexity index is 856. The molecule has 142 valence electrons. The lowest BCUT2D eigenvalue weighted by molar-refractivity contribution is 0.402. The van der Waals surface area contributed by atoms with Crippen LogP contribution >= 0.6 is 12.2 Å². The highest BCUT2D eigenvalue weighted by atomic mass is 32.1. The average molecular weight is 385 g/mol. The number of hydrogen-bond acceptors (Lipinski definition) is 2. The van der Waals surface area contributed by atoms with E-state index in [9.17, 15) is 4.39 Å². The Morgan fingerprint density at radius 2 is 1.93 bits per heavy atom. The Morgan fingerprint density at radius 3 is 2.63 bits per heavy atom. The number of nitrogens with one attached hydrogen (secondary N) is 2. The fourth-order valence-electron chi connectivity index (χ4n) is 2.83. The second-order valence-corrected chi connectivity index (χ2v) is 7.47. The van der Waals surface area contributed by atoms with Crippen LogP contribution in [-0.2, 0) is 13.0 Å². The van der Waals surface area contributed by atoms with Gasteiger partial charge in [0.05, 0.1) is 11.0 Å². The highest BCUT2D eigenvalue weighted by Gasteiger charge is 2.12. The lowest BCUT2D eigenvalue weighted by Gasteiger charge is -2.26. The third-order valence-electron chi connectivity index (χ3n) is 4.29. The maximum atomic E-state index is 13.2. The van der Waals surface area contributed by atoms with Gasteiger partial charge in [0.25, 0.3) is 0 Å². The summed E-state index contributed by atoms with van der Waals surface area (Å²) >= 11 is 5.61. The second kappa shape index (κ2) is 8.95. The van der Waals surface area contributed by atoms with Gasteiger partial charge in [-0.05, 0) is 48.0 Å². The summed E-state index contributed by atoms with van der Waals surface area (Å²) in [7, 11) is 0. The van der Waals surface area contributed by atoms with Gasteiger partial charge in [0.2, 0.25) is 0 Å². The van der Waals surface area contributed by atoms with E-state index in [1.165, 1.54) is 12.1 Å². The predicted octanol–water partition coefficient (Wildman–Crippen LogP) is 4.28. The van der Waals surface area contributed by atoms with E-state index in [-0.39, 0.29) is 5.82 Å². The molecule has 0 aliphatic rings. The summed E-state index contributed by atoms with van der Waals surface area (Å²) in [5, 5.41) is 4.04. The molecule has 0 saturated heterocycles. The predicted molar refractivity (Wildman–Crippen MR) is 112 cm³/mol. The fourth-order valence-corrected chi connectivity index (χ4v) is 3.07. The molecule has 3 rings (SSSR count). The molecule has 2 aromatic carbocycles. The molecule has 0 fully saturated rings. The molecule has 4 nitrogen and oxygen atoms in total. The van der Waals surface area contributed by atoms with E-state index in [0.717, 1.165) is 41.9 Å². The van der Waals surface area contributed by atoms with Gasteiger partial charge in [0.1, 0.15) is 11.6 Å². The van der Waals surface area contributed by atoms with Crippen molar-refractivity contribution < 1.29 is 4.39 Å². The number of thiocarbonyl (C=S) groups is 1. The van der Waals surface area contributed by atoms with Gasteiger partial charge < -0.3 is 15.2 Å². The molecule has 1 heterocycles. The number of para-hydroxylation sites is 2. The molecule has 0 unspecified atom stereocenters. The van der Waals surface area contributed by atoms with Crippen LogP contribution in [0.15, 0.2) is 48.5 Å². The average Bonchev–Trinajstić information content (AvgIpc) is 3.07. The van der Waals surface area contributed by atoms with E-state index < -0.39 is 0 Å². The third kappa shape index (κ3) is 5.50. The number of rotatable bonds is 7. The Kier molecular flexibility index (Phi) is 6.40. The summed E-state index contributed by atoms with van der Waals surface area (Å²) in [5.74, 6) is 1.21. The van der Waals surface area contributed by atoms with Gasteiger partial charge in [-0.25, -0.2) is 9.37 Å². The second-order valence-electron chi connectivity index (χ2n) is 7.08. The zero-order valence-corrected chi connectivity index (χ0v) is 16.5. The standard InChI is InChI=1S/C21H25FN4S/c1-15(2)13-23-21(27)26(14-16-7-9-17(22)10-8-16)12-11-20-24-18-5-3-4-6-19(18)25-20/h3-10,15H,11-14H2,1-2H3,(H,23,27)(H,24,25). The normalized spacial score (nSPS) is 11.1. The van der Waals surface area contributed by atoms with E-state index in [2.05, 4.69) is 34.0 Å². The summed E-state index contributed by atoms with van der Waals surface area (Å²) < 4.78 is 13.2. The zero-order chi connectivity index (χ0) is 19.2. The van der Waals surface area contributed by atoms with Crippen molar-refractivity contribution in [3.63, 3.8) is 0 Å². The van der Waals surface area contributed by atoms with Gasteiger partial charge in [0, 0.05) is 26.1 Å². The summed E-state index contributed by atoms with van der Waals surface area (Å²) in [6, 6.07) is 14.6. The Labute approximate surface area is 164 Å². The maximum Gasteiger partial charge on any atom is 0.169 e. The number of halogens is 1.